The highest BCUT2D eigenvalue weighted by Gasteiger charge is 2.05. The van der Waals surface area contributed by atoms with Crippen molar-refractivity contribution in [3.8, 4) is 0 Å². The first-order valence-corrected chi connectivity index (χ1v) is 5.21. The Balaban J connectivity index is 2.28. The van der Waals surface area contributed by atoms with Gasteiger partial charge in [-0.05, 0) is 13.0 Å². The van der Waals surface area contributed by atoms with Crippen LogP contribution in [-0.2, 0) is 4.74 Å². The van der Waals surface area contributed by atoms with Crippen LogP contribution in [-0.4, -0.2) is 30.6 Å². The summed E-state index contributed by atoms with van der Waals surface area (Å²) in [6.45, 7) is 6.78. The molecule has 4 nitrogen and oxygen atoms in total. The molecule has 0 aliphatic heterocycles. The molecule has 0 saturated carbocycles. The summed E-state index contributed by atoms with van der Waals surface area (Å²) in [6.07, 6.45) is 1.25. The molecule has 0 aliphatic rings. The molecule has 0 aromatic carbocycles. The molecular weight excluding hydrogens is 223 g/mol. The number of rotatable bonds is 6. The van der Waals surface area contributed by atoms with Crippen molar-refractivity contribution in [3.63, 3.8) is 0 Å². The molecule has 1 aromatic rings. The summed E-state index contributed by atoms with van der Waals surface area (Å²) in [5.74, 6) is -1.01. The number of nitrogens with zero attached hydrogens (tertiary/aromatic N) is 1. The van der Waals surface area contributed by atoms with Crippen LogP contribution in [0.3, 0.4) is 0 Å². The van der Waals surface area contributed by atoms with Crippen LogP contribution >= 0.6 is 0 Å². The van der Waals surface area contributed by atoms with E-state index in [1.807, 2.05) is 6.92 Å². The summed E-state index contributed by atoms with van der Waals surface area (Å²) in [6, 6.07) is 2.54. The van der Waals surface area contributed by atoms with Crippen LogP contribution in [0.5, 0.6) is 0 Å². The normalized spacial score (nSPS) is 10.0. The second-order valence-electron chi connectivity index (χ2n) is 3.63. The molecule has 1 amide bonds. The van der Waals surface area contributed by atoms with Crippen molar-refractivity contribution in [1.29, 1.82) is 0 Å². The third-order valence-corrected chi connectivity index (χ3v) is 1.87. The van der Waals surface area contributed by atoms with Crippen LogP contribution in [0.25, 0.3) is 0 Å². The predicted molar refractivity (Wildman–Crippen MR) is 62.2 cm³/mol. The van der Waals surface area contributed by atoms with Crippen LogP contribution in [0.15, 0.2) is 30.5 Å². The average molecular weight is 238 g/mol. The fourth-order valence-electron chi connectivity index (χ4n) is 1.13. The first-order chi connectivity index (χ1) is 8.09. The SMILES string of the molecule is C=C(C)COCCNC(=O)c1ccnc(F)c1. The van der Waals surface area contributed by atoms with E-state index in [9.17, 15) is 9.18 Å². The highest BCUT2D eigenvalue weighted by molar-refractivity contribution is 5.93. The van der Waals surface area contributed by atoms with Gasteiger partial charge in [0.25, 0.3) is 5.91 Å². The summed E-state index contributed by atoms with van der Waals surface area (Å²) < 4.78 is 17.9. The number of aromatic nitrogens is 1. The zero-order chi connectivity index (χ0) is 12.7. The maximum Gasteiger partial charge on any atom is 0.251 e. The molecule has 0 bridgehead atoms. The Hall–Kier alpha value is -1.75. The standard InChI is InChI=1S/C12H15FN2O2/c1-9(2)8-17-6-5-15-12(16)10-3-4-14-11(13)7-10/h3-4,7H,1,5-6,8H2,2H3,(H,15,16). The molecule has 17 heavy (non-hydrogen) atoms. The molecule has 0 fully saturated rings. The maximum absolute atomic E-state index is 12.7. The molecule has 5 heteroatoms. The van der Waals surface area contributed by atoms with Crippen LogP contribution in [0.4, 0.5) is 4.39 Å². The zero-order valence-corrected chi connectivity index (χ0v) is 9.70. The molecule has 1 heterocycles. The number of ether oxygens (including phenoxy) is 1. The van der Waals surface area contributed by atoms with Gasteiger partial charge < -0.3 is 10.1 Å². The number of carbonyl (C=O) groups is 1. The minimum absolute atomic E-state index is 0.248. The van der Waals surface area contributed by atoms with Crippen LogP contribution in [0, 0.1) is 5.95 Å². The topological polar surface area (TPSA) is 51.2 Å². The van der Waals surface area contributed by atoms with E-state index >= 15 is 0 Å². The van der Waals surface area contributed by atoms with Gasteiger partial charge in [-0.2, -0.15) is 4.39 Å². The minimum Gasteiger partial charge on any atom is -0.375 e. The summed E-state index contributed by atoms with van der Waals surface area (Å²) in [4.78, 5) is 14.9. The lowest BCUT2D eigenvalue weighted by molar-refractivity contribution is 0.0926. The van der Waals surface area contributed by atoms with E-state index in [1.165, 1.54) is 12.3 Å². The fraction of sp³-hybridized carbons (Fsp3) is 0.333. The third-order valence-electron chi connectivity index (χ3n) is 1.87. The predicted octanol–water partition coefficient (Wildman–Crippen LogP) is 1.54. The summed E-state index contributed by atoms with van der Waals surface area (Å²) in [5.41, 5.74) is 1.17. The number of halogens is 1. The molecule has 0 spiro atoms. The molecular formula is C12H15FN2O2. The van der Waals surface area contributed by atoms with Gasteiger partial charge in [-0.1, -0.05) is 12.2 Å². The molecule has 1 aromatic heterocycles. The number of hydrogen-bond acceptors (Lipinski definition) is 3. The van der Waals surface area contributed by atoms with Gasteiger partial charge in [0.2, 0.25) is 5.95 Å². The zero-order valence-electron chi connectivity index (χ0n) is 9.70. The molecule has 0 atom stereocenters. The van der Waals surface area contributed by atoms with Crippen molar-refractivity contribution >= 4 is 5.91 Å². The lowest BCUT2D eigenvalue weighted by Gasteiger charge is -2.06. The van der Waals surface area contributed by atoms with Gasteiger partial charge in [0.05, 0.1) is 13.2 Å². The smallest absolute Gasteiger partial charge is 0.251 e. The Morgan fingerprint density at radius 3 is 3.06 bits per heavy atom. The van der Waals surface area contributed by atoms with Crippen molar-refractivity contribution in [2.45, 2.75) is 6.92 Å². The fourth-order valence-corrected chi connectivity index (χ4v) is 1.13. The molecule has 1 N–H and O–H groups in total. The van der Waals surface area contributed by atoms with Gasteiger partial charge in [0, 0.05) is 24.4 Å². The van der Waals surface area contributed by atoms with Crippen molar-refractivity contribution in [3.05, 3.63) is 42.0 Å². The Bertz CT molecular complexity index is 407. The van der Waals surface area contributed by atoms with E-state index < -0.39 is 5.95 Å². The Kier molecular flexibility index (Phi) is 5.29. The maximum atomic E-state index is 12.7. The van der Waals surface area contributed by atoms with Gasteiger partial charge in [-0.3, -0.25) is 4.79 Å². The first kappa shape index (κ1) is 13.3. The number of nitrogens with one attached hydrogen (secondary N) is 1. The van der Waals surface area contributed by atoms with Crippen LogP contribution in [0.1, 0.15) is 17.3 Å². The Morgan fingerprint density at radius 1 is 1.65 bits per heavy atom. The van der Waals surface area contributed by atoms with Gasteiger partial charge in [0.1, 0.15) is 0 Å². The van der Waals surface area contributed by atoms with Gasteiger partial charge >= 0.3 is 0 Å². The van der Waals surface area contributed by atoms with Gasteiger partial charge in [-0.25, -0.2) is 4.98 Å². The quantitative estimate of drug-likeness (QED) is 0.464. The molecule has 92 valence electrons. The van der Waals surface area contributed by atoms with E-state index in [4.69, 9.17) is 4.74 Å². The van der Waals surface area contributed by atoms with Crippen LogP contribution < -0.4 is 5.32 Å². The molecule has 1 rings (SSSR count). The number of pyridine rings is 1. The van der Waals surface area contributed by atoms with E-state index in [0.717, 1.165) is 11.6 Å². The van der Waals surface area contributed by atoms with E-state index in [0.29, 0.717) is 19.8 Å². The summed E-state index contributed by atoms with van der Waals surface area (Å²) >= 11 is 0. The lowest BCUT2D eigenvalue weighted by Crippen LogP contribution is -2.27. The molecule has 0 aliphatic carbocycles. The highest BCUT2D eigenvalue weighted by Crippen LogP contribution is 1.99. The third kappa shape index (κ3) is 5.21. The average Bonchev–Trinajstić information content (AvgIpc) is 2.28. The summed E-state index contributed by atoms with van der Waals surface area (Å²) in [7, 11) is 0. The molecule has 0 radical (unpaired) electrons. The largest absolute Gasteiger partial charge is 0.375 e. The minimum atomic E-state index is -0.670. The lowest BCUT2D eigenvalue weighted by atomic mass is 10.2. The molecule has 0 saturated heterocycles. The van der Waals surface area contributed by atoms with Crippen molar-refractivity contribution in [2.24, 2.45) is 0 Å². The first-order valence-electron chi connectivity index (χ1n) is 5.21. The van der Waals surface area contributed by atoms with Crippen molar-refractivity contribution < 1.29 is 13.9 Å². The Labute approximate surface area is 99.5 Å². The summed E-state index contributed by atoms with van der Waals surface area (Å²) in [5, 5.41) is 2.61. The monoisotopic (exact) mass is 238 g/mol. The second-order valence-corrected chi connectivity index (χ2v) is 3.63. The number of carbonyl (C=O) groups excluding carboxylic acids is 1. The molecule has 0 unspecified atom stereocenters. The van der Waals surface area contributed by atoms with Crippen molar-refractivity contribution in [2.75, 3.05) is 19.8 Å². The van der Waals surface area contributed by atoms with E-state index in [2.05, 4.69) is 16.9 Å². The van der Waals surface area contributed by atoms with Gasteiger partial charge in [0.15, 0.2) is 0 Å². The van der Waals surface area contributed by atoms with E-state index in [-0.39, 0.29) is 11.5 Å². The Morgan fingerprint density at radius 2 is 2.41 bits per heavy atom. The van der Waals surface area contributed by atoms with Crippen molar-refractivity contribution in [1.82, 2.24) is 10.3 Å². The number of amides is 1. The number of hydrogen-bond donors (Lipinski definition) is 1. The van der Waals surface area contributed by atoms with Gasteiger partial charge in [-0.15, -0.1) is 0 Å². The van der Waals surface area contributed by atoms with E-state index in [1.54, 1.807) is 0 Å². The van der Waals surface area contributed by atoms with Crippen LogP contribution in [0.2, 0.25) is 0 Å². The second kappa shape index (κ2) is 6.75. The highest BCUT2D eigenvalue weighted by atomic mass is 19.1.